The summed E-state index contributed by atoms with van der Waals surface area (Å²) in [6.45, 7) is -1.35. The van der Waals surface area contributed by atoms with E-state index in [1.54, 1.807) is 0 Å². The number of rotatable bonds is 16. The van der Waals surface area contributed by atoms with Crippen molar-refractivity contribution >= 4 is 11.9 Å². The minimum Gasteiger partial charge on any atom is -0.507 e. The van der Waals surface area contributed by atoms with Crippen molar-refractivity contribution in [2.45, 2.75) is 106 Å². The monoisotopic (exact) mass is 649 g/mol. The topological polar surface area (TPSA) is 234 Å². The predicted molar refractivity (Wildman–Crippen MR) is 150 cm³/mol. The van der Waals surface area contributed by atoms with Gasteiger partial charge < -0.3 is 64.7 Å². The van der Waals surface area contributed by atoms with Gasteiger partial charge in [-0.2, -0.15) is 0 Å². The van der Waals surface area contributed by atoms with Crippen LogP contribution < -0.4 is 5.32 Å². The molecule has 10 atom stereocenters. The summed E-state index contributed by atoms with van der Waals surface area (Å²) < 4.78 is 41.2. The van der Waals surface area contributed by atoms with Crippen LogP contribution in [-0.2, 0) is 28.5 Å². The Morgan fingerprint density at radius 3 is 2.18 bits per heavy atom. The fourth-order valence-electron chi connectivity index (χ4n) is 5.17. The molecule has 45 heavy (non-hydrogen) atoms. The Morgan fingerprint density at radius 2 is 1.51 bits per heavy atom. The number of carbonyl (C=O) groups is 2. The molecule has 256 valence electrons. The quantitative estimate of drug-likeness (QED) is 0.0778. The van der Waals surface area contributed by atoms with Crippen LogP contribution in [0.2, 0.25) is 0 Å². The normalized spacial score (nSPS) is 31.8. The van der Waals surface area contributed by atoms with E-state index >= 15 is 0 Å². The van der Waals surface area contributed by atoms with Crippen LogP contribution in [0.3, 0.4) is 0 Å². The summed E-state index contributed by atoms with van der Waals surface area (Å²) in [4.78, 5) is 24.3. The minimum absolute atomic E-state index is 0.119. The molecule has 1 amide bonds. The van der Waals surface area contributed by atoms with Crippen molar-refractivity contribution in [2.75, 3.05) is 26.9 Å². The lowest BCUT2D eigenvalue weighted by Crippen LogP contribution is -2.67. The van der Waals surface area contributed by atoms with Crippen LogP contribution in [0.25, 0.3) is 0 Å². The zero-order valence-corrected chi connectivity index (χ0v) is 24.9. The van der Waals surface area contributed by atoms with E-state index in [0.29, 0.717) is 19.3 Å². The van der Waals surface area contributed by atoms with Crippen molar-refractivity contribution in [3.05, 3.63) is 29.6 Å². The molecule has 0 aromatic heterocycles. The van der Waals surface area contributed by atoms with Gasteiger partial charge in [0.2, 0.25) is 0 Å². The molecule has 7 unspecified atom stereocenters. The van der Waals surface area contributed by atoms with Crippen molar-refractivity contribution in [1.82, 2.24) is 5.32 Å². The van der Waals surface area contributed by atoms with E-state index in [-0.39, 0.29) is 12.6 Å². The Bertz CT molecular complexity index is 1080. The Kier molecular flexibility index (Phi) is 14.8. The number of methoxy groups -OCH3 is 1. The number of nitrogens with one attached hydrogen (secondary N) is 1. The maximum absolute atomic E-state index is 13.9. The molecule has 8 N–H and O–H groups in total. The van der Waals surface area contributed by atoms with E-state index in [1.165, 1.54) is 7.11 Å². The fourth-order valence-corrected chi connectivity index (χ4v) is 5.17. The first-order valence-electron chi connectivity index (χ1n) is 14.9. The molecular weight excluding hydrogens is 605 g/mol. The molecule has 16 heteroatoms. The first kappa shape index (κ1) is 37.0. The summed E-state index contributed by atoms with van der Waals surface area (Å²) in [7, 11) is 1.34. The van der Waals surface area contributed by atoms with Gasteiger partial charge in [-0.3, -0.25) is 9.59 Å². The zero-order valence-electron chi connectivity index (χ0n) is 24.9. The molecule has 0 bridgehead atoms. The van der Waals surface area contributed by atoms with Crippen LogP contribution in [0.15, 0.2) is 18.2 Å². The number of hydrogen-bond donors (Lipinski definition) is 8. The molecule has 1 aromatic rings. The minimum atomic E-state index is -1.83. The summed E-state index contributed by atoms with van der Waals surface area (Å²) >= 11 is 0. The van der Waals surface area contributed by atoms with Gasteiger partial charge in [-0.15, -0.1) is 0 Å². The lowest BCUT2D eigenvalue weighted by molar-refractivity contribution is -0.348. The van der Waals surface area contributed by atoms with Crippen molar-refractivity contribution in [2.24, 2.45) is 0 Å². The molecule has 0 saturated carbocycles. The average molecular weight is 650 g/mol. The molecule has 2 fully saturated rings. The predicted octanol–water partition coefficient (Wildman–Crippen LogP) is -1.19. The Labute approximate surface area is 259 Å². The number of hydrogen-bond acceptors (Lipinski definition) is 14. The van der Waals surface area contributed by atoms with E-state index in [9.17, 15) is 49.7 Å². The van der Waals surface area contributed by atoms with E-state index in [1.807, 2.05) is 0 Å². The first-order chi connectivity index (χ1) is 21.5. The van der Waals surface area contributed by atoms with E-state index in [2.05, 4.69) is 10.1 Å². The van der Waals surface area contributed by atoms with Crippen molar-refractivity contribution in [3.63, 3.8) is 0 Å². The average Bonchev–Trinajstić information content (AvgIpc) is 3.03. The van der Waals surface area contributed by atoms with Gasteiger partial charge in [0.15, 0.2) is 12.6 Å². The second-order valence-electron chi connectivity index (χ2n) is 11.0. The SMILES string of the molecule is COC(=O)CCCCCCCCO[C@@H]1OC(CO)[C@H](OC2OC(CO)[C@@H](O)C(O)C2O)C(O)C1NC(=O)c1cc(F)ccc1O. The highest BCUT2D eigenvalue weighted by molar-refractivity contribution is 5.97. The molecule has 0 radical (unpaired) electrons. The first-order valence-corrected chi connectivity index (χ1v) is 14.9. The number of aliphatic hydroxyl groups excluding tert-OH is 6. The largest absolute Gasteiger partial charge is 0.507 e. The number of amides is 1. The van der Waals surface area contributed by atoms with E-state index in [4.69, 9.17) is 18.9 Å². The number of ether oxygens (including phenoxy) is 5. The van der Waals surface area contributed by atoms with Gasteiger partial charge in [-0.05, 0) is 31.0 Å². The van der Waals surface area contributed by atoms with E-state index in [0.717, 1.165) is 43.9 Å². The summed E-state index contributed by atoms with van der Waals surface area (Å²) in [5, 5.41) is 74.1. The summed E-state index contributed by atoms with van der Waals surface area (Å²) in [5.74, 6) is -2.59. The smallest absolute Gasteiger partial charge is 0.305 e. The third-order valence-corrected chi connectivity index (χ3v) is 7.78. The number of carbonyl (C=O) groups excluding carboxylic acids is 2. The van der Waals surface area contributed by atoms with Gasteiger partial charge in [0, 0.05) is 13.0 Å². The molecule has 0 aliphatic carbocycles. The fraction of sp³-hybridized carbons (Fsp3) is 0.724. The second kappa shape index (κ2) is 18.0. The number of phenolic OH excluding ortho intramolecular Hbond substituents is 1. The van der Waals surface area contributed by atoms with Gasteiger partial charge >= 0.3 is 5.97 Å². The molecule has 2 aliphatic rings. The third-order valence-electron chi connectivity index (χ3n) is 7.78. The van der Waals surface area contributed by atoms with Gasteiger partial charge in [0.1, 0.15) is 60.3 Å². The number of benzene rings is 1. The van der Waals surface area contributed by atoms with E-state index < -0.39 is 97.6 Å². The number of phenols is 1. The third kappa shape index (κ3) is 9.99. The summed E-state index contributed by atoms with van der Waals surface area (Å²) in [5.41, 5.74) is -0.441. The van der Waals surface area contributed by atoms with Gasteiger partial charge in [-0.1, -0.05) is 25.7 Å². The highest BCUT2D eigenvalue weighted by atomic mass is 19.1. The van der Waals surface area contributed by atoms with Gasteiger partial charge in [0.25, 0.3) is 5.91 Å². The summed E-state index contributed by atoms with van der Waals surface area (Å²) in [6.07, 6.45) is -9.23. The molecule has 0 spiro atoms. The van der Waals surface area contributed by atoms with Gasteiger partial charge in [0.05, 0.1) is 25.9 Å². The van der Waals surface area contributed by atoms with Crippen LogP contribution in [0.1, 0.15) is 55.3 Å². The highest BCUT2D eigenvalue weighted by Gasteiger charge is 2.51. The number of esters is 1. The Morgan fingerprint density at radius 1 is 0.867 bits per heavy atom. The molecule has 2 aliphatic heterocycles. The molecule has 2 heterocycles. The lowest BCUT2D eigenvalue weighted by Gasteiger charge is -2.47. The lowest BCUT2D eigenvalue weighted by atomic mass is 9.95. The van der Waals surface area contributed by atoms with Crippen LogP contribution in [-0.4, -0.2) is 136 Å². The van der Waals surface area contributed by atoms with Crippen LogP contribution in [0, 0.1) is 5.82 Å². The molecule has 1 aromatic carbocycles. The Balaban J connectivity index is 1.69. The molecule has 15 nitrogen and oxygen atoms in total. The molecule has 2 saturated heterocycles. The highest BCUT2D eigenvalue weighted by Crippen LogP contribution is 2.30. The maximum Gasteiger partial charge on any atom is 0.305 e. The molecule has 3 rings (SSSR count). The van der Waals surface area contributed by atoms with Crippen LogP contribution in [0.4, 0.5) is 4.39 Å². The van der Waals surface area contributed by atoms with Crippen molar-refractivity contribution in [3.8, 4) is 5.75 Å². The van der Waals surface area contributed by atoms with Crippen molar-refractivity contribution in [1.29, 1.82) is 0 Å². The molecular formula is C29H44FNO14. The van der Waals surface area contributed by atoms with Crippen LogP contribution >= 0.6 is 0 Å². The Hall–Kier alpha value is -2.51. The standard InChI is InChI=1S/C29H44FNO14/c1-41-20(35)8-6-4-2-3-5-7-11-42-28-21(31-27(40)16-12-15(30)9-10-17(16)34)23(37)26(19(14-33)44-28)45-29-25(39)24(38)22(36)18(13-32)43-29/h9-10,12,18-19,21-26,28-29,32-34,36-39H,2-8,11,13-14H2,1H3,(H,31,40)/t18?,19?,21?,22-,23?,24?,25?,26+,28-,29?/m1/s1. The zero-order chi connectivity index (χ0) is 33.1. The number of aromatic hydroxyl groups is 1. The number of halogens is 1. The number of unbranched alkanes of at least 4 members (excludes halogenated alkanes) is 5. The summed E-state index contributed by atoms with van der Waals surface area (Å²) in [6, 6.07) is 1.30. The van der Waals surface area contributed by atoms with Crippen LogP contribution in [0.5, 0.6) is 5.75 Å². The second-order valence-corrected chi connectivity index (χ2v) is 11.0. The maximum atomic E-state index is 13.9. The van der Waals surface area contributed by atoms with Crippen molar-refractivity contribution < 1.29 is 73.4 Å². The number of aliphatic hydroxyl groups is 6. The van der Waals surface area contributed by atoms with Gasteiger partial charge in [-0.25, -0.2) is 4.39 Å².